The minimum absolute atomic E-state index is 0.214. The summed E-state index contributed by atoms with van der Waals surface area (Å²) in [6.45, 7) is 2.64. The molecule has 4 N–H and O–H groups in total. The quantitative estimate of drug-likeness (QED) is 0.625. The number of morpholine rings is 1. The fourth-order valence-electron chi connectivity index (χ4n) is 2.85. The number of para-hydroxylation sites is 2. The Balaban J connectivity index is 1.74. The smallest absolute Gasteiger partial charge is 0.324 e. The zero-order valence-electron chi connectivity index (χ0n) is 12.4. The fraction of sp³-hybridized carbons (Fsp3) is 0.333. The lowest BCUT2D eigenvalue weighted by Gasteiger charge is -2.36. The second-order valence-electron chi connectivity index (χ2n) is 5.43. The number of hydrogen-bond donors (Lipinski definition) is 3. The number of nitrogens with one attached hydrogen (secondary N) is 2. The third-order valence-electron chi connectivity index (χ3n) is 3.99. The molecule has 0 aromatic heterocycles. The van der Waals surface area contributed by atoms with Gasteiger partial charge in [0.25, 0.3) is 0 Å². The molecule has 1 spiro atoms. The second-order valence-corrected chi connectivity index (χ2v) is 5.43. The molecule has 0 aliphatic carbocycles. The molecule has 1 aromatic carbocycles. The van der Waals surface area contributed by atoms with Crippen molar-refractivity contribution in [1.82, 2.24) is 10.2 Å². The van der Waals surface area contributed by atoms with Crippen LogP contribution in [0.2, 0.25) is 0 Å². The SMILES string of the molecule is N#CC1=C(N)NC(N2CCOCC2)=NC12Nc1ccccc1O2. The van der Waals surface area contributed by atoms with Gasteiger partial charge in [-0.25, -0.2) is 0 Å². The molecular formula is C15H16N6O2. The molecule has 3 aliphatic rings. The summed E-state index contributed by atoms with van der Waals surface area (Å²) < 4.78 is 11.3. The average molecular weight is 312 g/mol. The maximum absolute atomic E-state index is 9.51. The summed E-state index contributed by atoms with van der Waals surface area (Å²) in [6.07, 6.45) is 0. The van der Waals surface area contributed by atoms with E-state index in [2.05, 4.69) is 21.7 Å². The Morgan fingerprint density at radius 2 is 2.09 bits per heavy atom. The number of anilines is 1. The highest BCUT2D eigenvalue weighted by Crippen LogP contribution is 2.41. The van der Waals surface area contributed by atoms with Gasteiger partial charge in [0, 0.05) is 13.1 Å². The third kappa shape index (κ3) is 2.13. The molecule has 8 heteroatoms. The maximum Gasteiger partial charge on any atom is 0.324 e. The topological polar surface area (TPSA) is 108 Å². The van der Waals surface area contributed by atoms with Gasteiger partial charge in [0.2, 0.25) is 5.96 Å². The van der Waals surface area contributed by atoms with Crippen LogP contribution in [0.4, 0.5) is 5.69 Å². The molecule has 8 nitrogen and oxygen atoms in total. The van der Waals surface area contributed by atoms with E-state index in [0.717, 1.165) is 5.69 Å². The van der Waals surface area contributed by atoms with Gasteiger partial charge in [0.05, 0.1) is 18.9 Å². The highest BCUT2D eigenvalue weighted by molar-refractivity contribution is 5.85. The van der Waals surface area contributed by atoms with Gasteiger partial charge < -0.3 is 30.7 Å². The summed E-state index contributed by atoms with van der Waals surface area (Å²) in [5, 5.41) is 15.7. The van der Waals surface area contributed by atoms with E-state index in [-0.39, 0.29) is 11.4 Å². The molecule has 0 bridgehead atoms. The summed E-state index contributed by atoms with van der Waals surface area (Å²) in [5.41, 5.74) is 7.05. The van der Waals surface area contributed by atoms with Gasteiger partial charge in [-0.05, 0) is 12.1 Å². The Morgan fingerprint density at radius 1 is 1.30 bits per heavy atom. The average Bonchev–Trinajstić information content (AvgIpc) is 2.93. The number of benzene rings is 1. The first-order chi connectivity index (χ1) is 11.2. The van der Waals surface area contributed by atoms with Gasteiger partial charge in [-0.1, -0.05) is 12.1 Å². The number of guanidine groups is 1. The van der Waals surface area contributed by atoms with Gasteiger partial charge in [-0.3, -0.25) is 0 Å². The van der Waals surface area contributed by atoms with E-state index in [1.165, 1.54) is 0 Å². The number of ether oxygens (including phenoxy) is 2. The molecule has 0 saturated carbocycles. The van der Waals surface area contributed by atoms with Crippen LogP contribution in [-0.2, 0) is 4.74 Å². The van der Waals surface area contributed by atoms with Crippen molar-refractivity contribution in [3.05, 3.63) is 35.7 Å². The first-order valence-corrected chi connectivity index (χ1v) is 7.38. The minimum atomic E-state index is -1.32. The van der Waals surface area contributed by atoms with Gasteiger partial charge in [0.1, 0.15) is 17.6 Å². The van der Waals surface area contributed by atoms with E-state index in [1.807, 2.05) is 29.2 Å². The normalized spacial score (nSPS) is 25.9. The molecule has 3 aliphatic heterocycles. The van der Waals surface area contributed by atoms with E-state index in [0.29, 0.717) is 38.0 Å². The number of hydrogen-bond acceptors (Lipinski definition) is 8. The molecule has 0 amide bonds. The van der Waals surface area contributed by atoms with Crippen LogP contribution in [0.1, 0.15) is 0 Å². The lowest BCUT2D eigenvalue weighted by molar-refractivity contribution is 0.0647. The first-order valence-electron chi connectivity index (χ1n) is 7.38. The van der Waals surface area contributed by atoms with Crippen molar-refractivity contribution >= 4 is 11.6 Å². The van der Waals surface area contributed by atoms with Crippen molar-refractivity contribution in [3.8, 4) is 11.8 Å². The van der Waals surface area contributed by atoms with Crippen molar-refractivity contribution in [2.75, 3.05) is 31.6 Å². The lowest BCUT2D eigenvalue weighted by atomic mass is 10.1. The molecule has 3 heterocycles. The van der Waals surface area contributed by atoms with Crippen LogP contribution < -0.4 is 21.1 Å². The minimum Gasteiger partial charge on any atom is -0.441 e. The largest absolute Gasteiger partial charge is 0.441 e. The van der Waals surface area contributed by atoms with Crippen molar-refractivity contribution in [3.63, 3.8) is 0 Å². The molecular weight excluding hydrogens is 296 g/mol. The number of nitrogens with zero attached hydrogens (tertiary/aromatic N) is 3. The van der Waals surface area contributed by atoms with E-state index in [4.69, 9.17) is 15.2 Å². The van der Waals surface area contributed by atoms with Crippen molar-refractivity contribution < 1.29 is 9.47 Å². The predicted octanol–water partition coefficient (Wildman–Crippen LogP) is 0.130. The molecule has 23 heavy (non-hydrogen) atoms. The van der Waals surface area contributed by atoms with Crippen LogP contribution in [0, 0.1) is 11.3 Å². The molecule has 118 valence electrons. The molecule has 1 saturated heterocycles. The van der Waals surface area contributed by atoms with Gasteiger partial charge in [0.15, 0.2) is 5.57 Å². The van der Waals surface area contributed by atoms with E-state index >= 15 is 0 Å². The number of fused-ring (bicyclic) bond motifs is 1. The lowest BCUT2D eigenvalue weighted by Crippen LogP contribution is -2.56. The zero-order chi connectivity index (χ0) is 15.9. The molecule has 1 fully saturated rings. The monoisotopic (exact) mass is 312 g/mol. The molecule has 1 unspecified atom stereocenters. The molecule has 1 aromatic rings. The summed E-state index contributed by atoms with van der Waals surface area (Å²) >= 11 is 0. The van der Waals surface area contributed by atoms with Crippen molar-refractivity contribution in [1.29, 1.82) is 5.26 Å². The Kier molecular flexibility index (Phi) is 3.02. The summed E-state index contributed by atoms with van der Waals surface area (Å²) in [4.78, 5) is 6.66. The zero-order valence-corrected chi connectivity index (χ0v) is 12.4. The maximum atomic E-state index is 9.51. The van der Waals surface area contributed by atoms with E-state index in [9.17, 15) is 5.26 Å². The second kappa shape index (κ2) is 5.07. The van der Waals surface area contributed by atoms with Crippen LogP contribution in [0.5, 0.6) is 5.75 Å². The highest BCUT2D eigenvalue weighted by Gasteiger charge is 2.48. The molecule has 4 rings (SSSR count). The number of aliphatic imine (C=N–C) groups is 1. The van der Waals surface area contributed by atoms with Gasteiger partial charge in [-0.15, -0.1) is 0 Å². The van der Waals surface area contributed by atoms with Crippen LogP contribution in [0.3, 0.4) is 0 Å². The van der Waals surface area contributed by atoms with Crippen LogP contribution in [0.15, 0.2) is 40.7 Å². The number of rotatable bonds is 0. The fourth-order valence-corrected chi connectivity index (χ4v) is 2.85. The number of nitriles is 1. The van der Waals surface area contributed by atoms with Gasteiger partial charge >= 0.3 is 5.85 Å². The van der Waals surface area contributed by atoms with Crippen molar-refractivity contribution in [2.45, 2.75) is 5.85 Å². The third-order valence-corrected chi connectivity index (χ3v) is 3.99. The Hall–Kier alpha value is -2.92. The Morgan fingerprint density at radius 3 is 2.83 bits per heavy atom. The van der Waals surface area contributed by atoms with Crippen LogP contribution in [-0.4, -0.2) is 43.0 Å². The highest BCUT2D eigenvalue weighted by atomic mass is 16.5. The predicted molar refractivity (Wildman–Crippen MR) is 83.2 cm³/mol. The van der Waals surface area contributed by atoms with Crippen LogP contribution in [0.25, 0.3) is 0 Å². The summed E-state index contributed by atoms with van der Waals surface area (Å²) in [5.74, 6) is 0.135. The van der Waals surface area contributed by atoms with E-state index < -0.39 is 5.85 Å². The molecule has 1 atom stereocenters. The van der Waals surface area contributed by atoms with Crippen LogP contribution >= 0.6 is 0 Å². The Labute approximate surface area is 133 Å². The standard InChI is InChI=1S/C15H16N6O2/c16-9-10-13(17)18-14(21-5-7-22-8-6-21)20-15(10)19-11-3-1-2-4-12(11)23-15/h1-4,19H,5-8,17H2,(H,18,20). The molecule has 0 radical (unpaired) electrons. The number of nitrogens with two attached hydrogens (primary N) is 1. The summed E-state index contributed by atoms with van der Waals surface area (Å²) in [6, 6.07) is 9.56. The van der Waals surface area contributed by atoms with Gasteiger partial charge in [-0.2, -0.15) is 10.3 Å². The summed E-state index contributed by atoms with van der Waals surface area (Å²) in [7, 11) is 0. The first kappa shape index (κ1) is 13.7. The van der Waals surface area contributed by atoms with E-state index in [1.54, 1.807) is 0 Å². The Bertz CT molecular complexity index is 720. The van der Waals surface area contributed by atoms with Crippen molar-refractivity contribution in [2.24, 2.45) is 10.7 Å².